The molecule has 1 aliphatic heterocycles. The van der Waals surface area contributed by atoms with Crippen molar-refractivity contribution in [3.8, 4) is 0 Å². The van der Waals surface area contributed by atoms with Gasteiger partial charge in [0.25, 0.3) is 0 Å². The Bertz CT molecular complexity index is 297. The number of amides is 1. The van der Waals surface area contributed by atoms with E-state index in [9.17, 15) is 9.59 Å². The third-order valence-corrected chi connectivity index (χ3v) is 2.79. The minimum Gasteiger partial charge on any atom is -0.481 e. The zero-order valence-electron chi connectivity index (χ0n) is 8.87. The van der Waals surface area contributed by atoms with Gasteiger partial charge >= 0.3 is 12.1 Å². The molecule has 1 saturated heterocycles. The zero-order valence-corrected chi connectivity index (χ0v) is 11.1. The molecule has 17 heavy (non-hydrogen) atoms. The highest BCUT2D eigenvalue weighted by atomic mass is 35.6. The third-order valence-electron chi connectivity index (χ3n) is 2.46. The smallest absolute Gasteiger partial charge is 0.409 e. The SMILES string of the molecule is O=C(O)C1CCN(C(=O)OCC(Cl)(Cl)Cl)CC1. The lowest BCUT2D eigenvalue weighted by Gasteiger charge is -2.29. The number of rotatable bonds is 2. The van der Waals surface area contributed by atoms with Gasteiger partial charge in [0.2, 0.25) is 3.79 Å². The Morgan fingerprint density at radius 2 is 1.82 bits per heavy atom. The number of halogens is 3. The Labute approximate surface area is 114 Å². The van der Waals surface area contributed by atoms with Gasteiger partial charge < -0.3 is 14.7 Å². The molecule has 1 fully saturated rings. The number of carboxylic acid groups (broad SMARTS) is 1. The number of carbonyl (C=O) groups is 2. The van der Waals surface area contributed by atoms with Gasteiger partial charge in [-0.05, 0) is 12.8 Å². The molecule has 0 aliphatic carbocycles. The van der Waals surface area contributed by atoms with Gasteiger partial charge in [-0.15, -0.1) is 0 Å². The molecule has 1 aliphatic rings. The first-order chi connectivity index (χ1) is 7.79. The molecule has 0 radical (unpaired) electrons. The average molecular weight is 305 g/mol. The minimum atomic E-state index is -1.63. The minimum absolute atomic E-state index is 0.324. The van der Waals surface area contributed by atoms with Gasteiger partial charge in [0.05, 0.1) is 5.92 Å². The monoisotopic (exact) mass is 303 g/mol. The number of hydrogen-bond acceptors (Lipinski definition) is 3. The highest BCUT2D eigenvalue weighted by Crippen LogP contribution is 2.26. The van der Waals surface area contributed by atoms with Crippen molar-refractivity contribution in [3.05, 3.63) is 0 Å². The van der Waals surface area contributed by atoms with E-state index < -0.39 is 21.8 Å². The van der Waals surface area contributed by atoms with Crippen LogP contribution >= 0.6 is 34.8 Å². The van der Waals surface area contributed by atoms with E-state index in [0.717, 1.165) is 0 Å². The van der Waals surface area contributed by atoms with Gasteiger partial charge in [-0.3, -0.25) is 4.79 Å². The Morgan fingerprint density at radius 3 is 2.24 bits per heavy atom. The zero-order chi connectivity index (χ0) is 13.1. The highest BCUT2D eigenvalue weighted by Gasteiger charge is 2.29. The number of piperidine rings is 1. The number of nitrogens with zero attached hydrogens (tertiary/aromatic N) is 1. The van der Waals surface area contributed by atoms with Crippen molar-refractivity contribution >= 4 is 46.9 Å². The number of alkyl halides is 3. The summed E-state index contributed by atoms with van der Waals surface area (Å²) in [5.41, 5.74) is 0. The maximum atomic E-state index is 11.5. The van der Waals surface area contributed by atoms with E-state index in [1.807, 2.05) is 0 Å². The van der Waals surface area contributed by atoms with Gasteiger partial charge in [0.1, 0.15) is 6.61 Å². The molecule has 0 atom stereocenters. The molecule has 1 amide bonds. The number of carboxylic acids is 1. The molecule has 1 heterocycles. The second-order valence-corrected chi connectivity index (χ2v) is 6.29. The summed E-state index contributed by atoms with van der Waals surface area (Å²) >= 11 is 16.3. The number of likely N-dealkylation sites (tertiary alicyclic amines) is 1. The average Bonchev–Trinajstić information content (AvgIpc) is 2.25. The van der Waals surface area contributed by atoms with Crippen molar-refractivity contribution in [2.24, 2.45) is 5.92 Å². The maximum absolute atomic E-state index is 11.5. The Kier molecular flexibility index (Phi) is 5.16. The van der Waals surface area contributed by atoms with Gasteiger partial charge in [-0.25, -0.2) is 4.79 Å². The van der Waals surface area contributed by atoms with Crippen molar-refractivity contribution in [2.45, 2.75) is 16.6 Å². The normalized spacial score (nSPS) is 17.9. The van der Waals surface area contributed by atoms with Crippen molar-refractivity contribution < 1.29 is 19.4 Å². The van der Waals surface area contributed by atoms with Crippen LogP contribution in [0.1, 0.15) is 12.8 Å². The molecular formula is C9H12Cl3NO4. The summed E-state index contributed by atoms with van der Waals surface area (Å²) in [6, 6.07) is 0. The third kappa shape index (κ3) is 5.19. The van der Waals surface area contributed by atoms with Gasteiger partial charge in [-0.2, -0.15) is 0 Å². The van der Waals surface area contributed by atoms with E-state index in [4.69, 9.17) is 44.6 Å². The molecule has 8 heteroatoms. The summed E-state index contributed by atoms with van der Waals surface area (Å²) < 4.78 is 3.16. The summed E-state index contributed by atoms with van der Waals surface area (Å²) in [4.78, 5) is 23.6. The van der Waals surface area contributed by atoms with Gasteiger partial charge in [-0.1, -0.05) is 34.8 Å². The number of ether oxygens (including phenoxy) is 1. The first kappa shape index (κ1) is 14.7. The number of hydrogen-bond donors (Lipinski definition) is 1. The van der Waals surface area contributed by atoms with Crippen LogP contribution in [0.5, 0.6) is 0 Å². The maximum Gasteiger partial charge on any atom is 0.409 e. The number of carbonyl (C=O) groups excluding carboxylic acids is 1. The van der Waals surface area contributed by atoms with E-state index in [1.165, 1.54) is 4.90 Å². The fraction of sp³-hybridized carbons (Fsp3) is 0.778. The summed E-state index contributed by atoms with van der Waals surface area (Å²) in [5, 5.41) is 8.79. The molecule has 98 valence electrons. The van der Waals surface area contributed by atoms with Crippen molar-refractivity contribution in [2.75, 3.05) is 19.7 Å². The predicted octanol–water partition coefficient (Wildman–Crippen LogP) is 2.29. The summed E-state index contributed by atoms with van der Waals surface area (Å²) in [6.07, 6.45) is 0.247. The molecule has 1 rings (SSSR count). The molecule has 0 unspecified atom stereocenters. The molecule has 0 aromatic rings. The fourth-order valence-corrected chi connectivity index (χ4v) is 1.71. The van der Waals surface area contributed by atoms with Crippen LogP contribution in [0.25, 0.3) is 0 Å². The van der Waals surface area contributed by atoms with E-state index in [-0.39, 0.29) is 6.61 Å². The van der Waals surface area contributed by atoms with Gasteiger partial charge in [0.15, 0.2) is 0 Å². The van der Waals surface area contributed by atoms with E-state index in [2.05, 4.69) is 0 Å². The topological polar surface area (TPSA) is 66.8 Å². The molecule has 5 nitrogen and oxygen atoms in total. The summed E-state index contributed by atoms with van der Waals surface area (Å²) in [6.45, 7) is 0.362. The van der Waals surface area contributed by atoms with E-state index >= 15 is 0 Å². The Morgan fingerprint density at radius 1 is 1.29 bits per heavy atom. The lowest BCUT2D eigenvalue weighted by Crippen LogP contribution is -2.41. The molecule has 0 aromatic carbocycles. The first-order valence-corrected chi connectivity index (χ1v) is 6.14. The van der Waals surface area contributed by atoms with Crippen LogP contribution in [-0.4, -0.2) is 45.6 Å². The molecule has 0 bridgehead atoms. The highest BCUT2D eigenvalue weighted by molar-refractivity contribution is 6.67. The largest absolute Gasteiger partial charge is 0.481 e. The van der Waals surface area contributed by atoms with Crippen molar-refractivity contribution in [3.63, 3.8) is 0 Å². The lowest BCUT2D eigenvalue weighted by atomic mass is 9.97. The van der Waals surface area contributed by atoms with Crippen LogP contribution in [0.2, 0.25) is 0 Å². The van der Waals surface area contributed by atoms with Crippen LogP contribution in [0, 0.1) is 5.92 Å². The van der Waals surface area contributed by atoms with Crippen LogP contribution in [0.4, 0.5) is 4.79 Å². The first-order valence-electron chi connectivity index (χ1n) is 5.01. The van der Waals surface area contributed by atoms with E-state index in [1.54, 1.807) is 0 Å². The quantitative estimate of drug-likeness (QED) is 0.795. The van der Waals surface area contributed by atoms with Gasteiger partial charge in [0, 0.05) is 13.1 Å². The van der Waals surface area contributed by atoms with E-state index in [0.29, 0.717) is 25.9 Å². The van der Waals surface area contributed by atoms with Crippen molar-refractivity contribution in [1.29, 1.82) is 0 Å². The summed E-state index contributed by atoms with van der Waals surface area (Å²) in [7, 11) is 0. The molecule has 1 N–H and O–H groups in total. The van der Waals surface area contributed by atoms with Crippen molar-refractivity contribution in [1.82, 2.24) is 4.90 Å². The van der Waals surface area contributed by atoms with Crippen LogP contribution in [0.3, 0.4) is 0 Å². The Hall–Kier alpha value is -0.390. The molecule has 0 aromatic heterocycles. The standard InChI is InChI=1S/C9H12Cl3NO4/c10-9(11,12)5-17-8(16)13-3-1-6(2-4-13)7(14)15/h6H,1-5H2,(H,14,15). The second kappa shape index (κ2) is 5.98. The summed E-state index contributed by atoms with van der Waals surface area (Å²) in [5.74, 6) is -1.23. The van der Waals surface area contributed by atoms with Crippen LogP contribution < -0.4 is 0 Å². The molecule has 0 spiro atoms. The molecule has 0 saturated carbocycles. The lowest BCUT2D eigenvalue weighted by molar-refractivity contribution is -0.143. The predicted molar refractivity (Wildman–Crippen MR) is 63.6 cm³/mol. The Balaban J connectivity index is 2.33. The fourth-order valence-electron chi connectivity index (χ4n) is 1.54. The second-order valence-electron chi connectivity index (χ2n) is 3.77. The number of aliphatic carboxylic acids is 1. The molecular weight excluding hydrogens is 292 g/mol. The van der Waals surface area contributed by atoms with Crippen LogP contribution in [-0.2, 0) is 9.53 Å². The van der Waals surface area contributed by atoms with Crippen LogP contribution in [0.15, 0.2) is 0 Å².